The van der Waals surface area contributed by atoms with Crippen molar-refractivity contribution in [1.29, 1.82) is 0 Å². The van der Waals surface area contributed by atoms with Crippen molar-refractivity contribution in [3.63, 3.8) is 0 Å². The van der Waals surface area contributed by atoms with Crippen LogP contribution in [-0.2, 0) is 17.6 Å². The molecule has 0 bridgehead atoms. The fourth-order valence-corrected chi connectivity index (χ4v) is 2.43. The molecule has 86 valence electrons. The lowest BCUT2D eigenvalue weighted by Gasteiger charge is -2.24. The van der Waals surface area contributed by atoms with Gasteiger partial charge < -0.3 is 9.47 Å². The number of ether oxygens (including phenoxy) is 2. The fourth-order valence-electron chi connectivity index (χ4n) is 2.43. The Labute approximate surface area is 96.6 Å². The second-order valence-electron chi connectivity index (χ2n) is 5.31. The molecule has 3 rings (SSSR count). The van der Waals surface area contributed by atoms with Crippen LogP contribution in [0.5, 0.6) is 5.75 Å². The Morgan fingerprint density at radius 2 is 2.00 bits per heavy atom. The molecule has 1 saturated heterocycles. The van der Waals surface area contributed by atoms with E-state index in [0.29, 0.717) is 0 Å². The van der Waals surface area contributed by atoms with Gasteiger partial charge in [0.15, 0.2) is 0 Å². The summed E-state index contributed by atoms with van der Waals surface area (Å²) in [7, 11) is 0. The monoisotopic (exact) mass is 218 g/mol. The standard InChI is InChI=1S/C14H18O2/c1-14(2,13-9-15-13)16-12-7-6-10-4-3-5-11(10)8-12/h6-8,13H,3-5,9H2,1-2H3. The highest BCUT2D eigenvalue weighted by atomic mass is 16.6. The number of epoxide rings is 1. The molecule has 1 aliphatic heterocycles. The van der Waals surface area contributed by atoms with Gasteiger partial charge in [-0.05, 0) is 56.4 Å². The largest absolute Gasteiger partial charge is 0.485 e. The van der Waals surface area contributed by atoms with Crippen LogP contribution in [0, 0.1) is 0 Å². The molecule has 0 radical (unpaired) electrons. The summed E-state index contributed by atoms with van der Waals surface area (Å²) in [4.78, 5) is 0. The molecule has 2 aliphatic rings. The molecule has 16 heavy (non-hydrogen) atoms. The Bertz CT molecular complexity index is 405. The predicted molar refractivity (Wildman–Crippen MR) is 62.9 cm³/mol. The van der Waals surface area contributed by atoms with Gasteiger partial charge in [-0.1, -0.05) is 6.07 Å². The topological polar surface area (TPSA) is 21.8 Å². The molecule has 1 aliphatic carbocycles. The SMILES string of the molecule is CC(C)(Oc1ccc2c(c1)CCC2)C1CO1. The molecule has 1 atom stereocenters. The molecular weight excluding hydrogens is 200 g/mol. The second kappa shape index (κ2) is 3.49. The first-order valence-corrected chi connectivity index (χ1v) is 6.07. The maximum Gasteiger partial charge on any atom is 0.132 e. The summed E-state index contributed by atoms with van der Waals surface area (Å²) >= 11 is 0. The smallest absolute Gasteiger partial charge is 0.132 e. The summed E-state index contributed by atoms with van der Waals surface area (Å²) in [5, 5.41) is 0. The van der Waals surface area contributed by atoms with Gasteiger partial charge in [0, 0.05) is 0 Å². The Kier molecular flexibility index (Phi) is 2.21. The van der Waals surface area contributed by atoms with Crippen molar-refractivity contribution in [2.45, 2.75) is 44.8 Å². The summed E-state index contributed by atoms with van der Waals surface area (Å²) in [6.07, 6.45) is 3.98. The highest BCUT2D eigenvalue weighted by Crippen LogP contribution is 2.32. The maximum absolute atomic E-state index is 6.03. The van der Waals surface area contributed by atoms with E-state index in [1.54, 1.807) is 0 Å². The molecule has 2 nitrogen and oxygen atoms in total. The van der Waals surface area contributed by atoms with E-state index in [4.69, 9.17) is 9.47 Å². The number of hydrogen-bond acceptors (Lipinski definition) is 2. The quantitative estimate of drug-likeness (QED) is 0.728. The van der Waals surface area contributed by atoms with Gasteiger partial charge in [-0.3, -0.25) is 0 Å². The summed E-state index contributed by atoms with van der Waals surface area (Å²) in [5.74, 6) is 0.987. The van der Waals surface area contributed by atoms with Crippen molar-refractivity contribution in [2.75, 3.05) is 6.61 Å². The van der Waals surface area contributed by atoms with E-state index in [9.17, 15) is 0 Å². The first kappa shape index (κ1) is 10.2. The van der Waals surface area contributed by atoms with Gasteiger partial charge in [0.25, 0.3) is 0 Å². The summed E-state index contributed by atoms with van der Waals surface area (Å²) < 4.78 is 11.3. The van der Waals surface area contributed by atoms with Crippen LogP contribution < -0.4 is 4.74 Å². The highest BCUT2D eigenvalue weighted by Gasteiger charge is 2.41. The Morgan fingerprint density at radius 1 is 1.25 bits per heavy atom. The van der Waals surface area contributed by atoms with E-state index in [2.05, 4.69) is 32.0 Å². The third-order valence-electron chi connectivity index (χ3n) is 3.56. The lowest BCUT2D eigenvalue weighted by molar-refractivity contribution is 0.0743. The molecule has 1 unspecified atom stereocenters. The zero-order chi connectivity index (χ0) is 11.2. The van der Waals surface area contributed by atoms with Gasteiger partial charge in [0.05, 0.1) is 6.61 Å². The molecule has 0 saturated carbocycles. The van der Waals surface area contributed by atoms with Crippen LogP contribution in [0.1, 0.15) is 31.4 Å². The third-order valence-corrected chi connectivity index (χ3v) is 3.56. The predicted octanol–water partition coefficient (Wildman–Crippen LogP) is 2.73. The van der Waals surface area contributed by atoms with E-state index < -0.39 is 0 Å². The van der Waals surface area contributed by atoms with Crippen molar-refractivity contribution >= 4 is 0 Å². The zero-order valence-corrected chi connectivity index (χ0v) is 9.95. The minimum Gasteiger partial charge on any atom is -0.485 e. The lowest BCUT2D eigenvalue weighted by atomic mass is 10.1. The van der Waals surface area contributed by atoms with Gasteiger partial charge in [-0.15, -0.1) is 0 Å². The van der Waals surface area contributed by atoms with Crippen LogP contribution in [0.4, 0.5) is 0 Å². The average molecular weight is 218 g/mol. The minimum absolute atomic E-state index is 0.202. The van der Waals surface area contributed by atoms with Gasteiger partial charge >= 0.3 is 0 Å². The number of benzene rings is 1. The first-order chi connectivity index (χ1) is 7.65. The minimum atomic E-state index is -0.202. The molecule has 1 aromatic rings. The summed E-state index contributed by atoms with van der Waals surface area (Å²) in [5.41, 5.74) is 2.75. The van der Waals surface area contributed by atoms with E-state index in [-0.39, 0.29) is 11.7 Å². The van der Waals surface area contributed by atoms with Crippen LogP contribution in [0.25, 0.3) is 0 Å². The van der Waals surface area contributed by atoms with Crippen molar-refractivity contribution in [1.82, 2.24) is 0 Å². The Hall–Kier alpha value is -1.02. The third kappa shape index (κ3) is 1.82. The lowest BCUT2D eigenvalue weighted by Crippen LogP contribution is -2.34. The molecule has 1 heterocycles. The van der Waals surface area contributed by atoms with Gasteiger partial charge in [-0.25, -0.2) is 0 Å². The van der Waals surface area contributed by atoms with Crippen molar-refractivity contribution in [2.24, 2.45) is 0 Å². The van der Waals surface area contributed by atoms with Crippen molar-refractivity contribution in [3.05, 3.63) is 29.3 Å². The zero-order valence-electron chi connectivity index (χ0n) is 9.95. The number of rotatable bonds is 3. The van der Waals surface area contributed by atoms with Crippen LogP contribution in [0.2, 0.25) is 0 Å². The normalized spacial score (nSPS) is 23.0. The maximum atomic E-state index is 6.03. The molecule has 1 fully saturated rings. The van der Waals surface area contributed by atoms with Gasteiger partial charge in [-0.2, -0.15) is 0 Å². The Morgan fingerprint density at radius 3 is 2.75 bits per heavy atom. The molecule has 2 heteroatoms. The molecular formula is C14H18O2. The number of aryl methyl sites for hydroxylation is 2. The summed E-state index contributed by atoms with van der Waals surface area (Å²) in [6.45, 7) is 5.02. The Balaban J connectivity index is 1.79. The van der Waals surface area contributed by atoms with Crippen LogP contribution in [0.15, 0.2) is 18.2 Å². The van der Waals surface area contributed by atoms with E-state index >= 15 is 0 Å². The van der Waals surface area contributed by atoms with E-state index in [0.717, 1.165) is 12.4 Å². The second-order valence-corrected chi connectivity index (χ2v) is 5.31. The number of fused-ring (bicyclic) bond motifs is 1. The van der Waals surface area contributed by atoms with E-state index in [1.165, 1.54) is 30.4 Å². The van der Waals surface area contributed by atoms with E-state index in [1.807, 2.05) is 0 Å². The van der Waals surface area contributed by atoms with Gasteiger partial charge in [0.1, 0.15) is 17.5 Å². The molecule has 0 amide bonds. The van der Waals surface area contributed by atoms with Gasteiger partial charge in [0.2, 0.25) is 0 Å². The fraction of sp³-hybridized carbons (Fsp3) is 0.571. The highest BCUT2D eigenvalue weighted by molar-refractivity contribution is 5.38. The number of hydrogen-bond donors (Lipinski definition) is 0. The van der Waals surface area contributed by atoms with Crippen molar-refractivity contribution < 1.29 is 9.47 Å². The molecule has 1 aromatic carbocycles. The van der Waals surface area contributed by atoms with Crippen LogP contribution in [0.3, 0.4) is 0 Å². The molecule has 0 aromatic heterocycles. The molecule has 0 spiro atoms. The average Bonchev–Trinajstić information content (AvgIpc) is 2.99. The summed E-state index contributed by atoms with van der Waals surface area (Å²) in [6, 6.07) is 6.50. The first-order valence-electron chi connectivity index (χ1n) is 6.07. The van der Waals surface area contributed by atoms with Crippen LogP contribution in [-0.4, -0.2) is 18.3 Å². The van der Waals surface area contributed by atoms with Crippen LogP contribution >= 0.6 is 0 Å². The van der Waals surface area contributed by atoms with Crippen molar-refractivity contribution in [3.8, 4) is 5.75 Å². The molecule has 0 N–H and O–H groups in total.